The van der Waals surface area contributed by atoms with Crippen LogP contribution in [0.15, 0.2) is 41.1 Å². The van der Waals surface area contributed by atoms with Gasteiger partial charge >= 0.3 is 0 Å². The van der Waals surface area contributed by atoms with E-state index < -0.39 is 0 Å². The van der Waals surface area contributed by atoms with Gasteiger partial charge in [-0.3, -0.25) is 0 Å². The molecule has 13 heavy (non-hydrogen) atoms. The maximum absolute atomic E-state index is 5.48. The van der Waals surface area contributed by atoms with Crippen molar-refractivity contribution in [3.63, 3.8) is 0 Å². The maximum Gasteiger partial charge on any atom is 0.166 e. The number of rotatable bonds is 2. The fraction of sp³-hybridized carbons (Fsp3) is 0.100. The largest absolute Gasteiger partial charge is 0.356 e. The zero-order valence-electron chi connectivity index (χ0n) is 7.10. The van der Waals surface area contributed by atoms with Crippen LogP contribution in [0, 0.1) is 0 Å². The van der Waals surface area contributed by atoms with Crippen LogP contribution >= 0.6 is 0 Å². The van der Waals surface area contributed by atoms with E-state index in [1.807, 2.05) is 30.3 Å². The molecule has 0 spiro atoms. The minimum absolute atomic E-state index is 0.566. The van der Waals surface area contributed by atoms with Crippen LogP contribution in [0.25, 0.3) is 11.3 Å². The molecule has 3 heteroatoms. The predicted octanol–water partition coefficient (Wildman–Crippen LogP) is 1.80. The minimum Gasteiger partial charge on any atom is -0.356 e. The number of benzene rings is 1. The first-order valence-corrected chi connectivity index (χ1v) is 4.10. The van der Waals surface area contributed by atoms with Gasteiger partial charge in [0.2, 0.25) is 0 Å². The van der Waals surface area contributed by atoms with E-state index in [9.17, 15) is 0 Å². The third-order valence-corrected chi connectivity index (χ3v) is 1.91. The quantitative estimate of drug-likeness (QED) is 0.755. The number of hydrogen-bond donors (Lipinski definition) is 1. The lowest BCUT2D eigenvalue weighted by atomic mass is 10.1. The van der Waals surface area contributed by atoms with Crippen molar-refractivity contribution in [3.8, 4) is 11.3 Å². The van der Waals surface area contributed by atoms with Crippen LogP contribution in [0.3, 0.4) is 0 Å². The molecule has 0 aliphatic heterocycles. The molecule has 2 aromatic rings. The van der Waals surface area contributed by atoms with E-state index in [0.29, 0.717) is 6.54 Å². The summed E-state index contributed by atoms with van der Waals surface area (Å²) in [7, 11) is 0. The van der Waals surface area contributed by atoms with Gasteiger partial charge in [0.15, 0.2) is 5.76 Å². The molecule has 3 nitrogen and oxygen atoms in total. The third kappa shape index (κ3) is 1.60. The van der Waals surface area contributed by atoms with Gasteiger partial charge in [-0.15, -0.1) is 0 Å². The first kappa shape index (κ1) is 8.01. The van der Waals surface area contributed by atoms with Crippen LogP contribution in [0.2, 0.25) is 0 Å². The first-order chi connectivity index (χ1) is 6.40. The molecule has 0 aliphatic rings. The molecular weight excluding hydrogens is 164 g/mol. The average molecular weight is 174 g/mol. The van der Waals surface area contributed by atoms with E-state index in [-0.39, 0.29) is 0 Å². The van der Waals surface area contributed by atoms with Crippen LogP contribution in [0.5, 0.6) is 0 Å². The summed E-state index contributed by atoms with van der Waals surface area (Å²) in [6.07, 6.45) is 1.63. The van der Waals surface area contributed by atoms with Gasteiger partial charge in [-0.1, -0.05) is 29.4 Å². The molecular formula is C10H10N2O. The summed E-state index contributed by atoms with van der Waals surface area (Å²) >= 11 is 0. The molecule has 0 bridgehead atoms. The van der Waals surface area contributed by atoms with Gasteiger partial charge in [0.1, 0.15) is 0 Å². The SMILES string of the molecule is NCc1ccc(-c2ccno2)cc1. The molecule has 0 saturated carbocycles. The van der Waals surface area contributed by atoms with Crippen molar-refractivity contribution in [1.29, 1.82) is 0 Å². The molecule has 1 aromatic heterocycles. The molecule has 0 saturated heterocycles. The molecule has 0 fully saturated rings. The minimum atomic E-state index is 0.566. The molecule has 0 amide bonds. The molecule has 0 aliphatic carbocycles. The van der Waals surface area contributed by atoms with Gasteiger partial charge in [-0.2, -0.15) is 0 Å². The lowest BCUT2D eigenvalue weighted by molar-refractivity contribution is 0.432. The van der Waals surface area contributed by atoms with Crippen LogP contribution in [0.4, 0.5) is 0 Å². The van der Waals surface area contributed by atoms with E-state index in [4.69, 9.17) is 10.3 Å². The topological polar surface area (TPSA) is 52.0 Å². The number of nitrogens with zero attached hydrogens (tertiary/aromatic N) is 1. The molecule has 0 unspecified atom stereocenters. The van der Waals surface area contributed by atoms with Crippen LogP contribution in [-0.4, -0.2) is 5.16 Å². The highest BCUT2D eigenvalue weighted by Crippen LogP contribution is 2.18. The van der Waals surface area contributed by atoms with Crippen LogP contribution in [-0.2, 0) is 6.54 Å². The van der Waals surface area contributed by atoms with Gasteiger partial charge in [-0.05, 0) is 5.56 Å². The van der Waals surface area contributed by atoms with Gasteiger partial charge in [0, 0.05) is 18.2 Å². The molecule has 1 heterocycles. The lowest BCUT2D eigenvalue weighted by Gasteiger charge is -1.97. The molecule has 0 radical (unpaired) electrons. The first-order valence-electron chi connectivity index (χ1n) is 4.10. The van der Waals surface area contributed by atoms with Crippen molar-refractivity contribution < 1.29 is 4.52 Å². The molecule has 1 aromatic carbocycles. The Morgan fingerprint density at radius 2 is 1.92 bits per heavy atom. The maximum atomic E-state index is 5.48. The average Bonchev–Trinajstić information content (AvgIpc) is 2.71. The zero-order chi connectivity index (χ0) is 9.10. The number of hydrogen-bond acceptors (Lipinski definition) is 3. The predicted molar refractivity (Wildman–Crippen MR) is 49.8 cm³/mol. The van der Waals surface area contributed by atoms with Crippen molar-refractivity contribution in [2.24, 2.45) is 5.73 Å². The molecule has 66 valence electrons. The van der Waals surface area contributed by atoms with Gasteiger partial charge in [0.05, 0.1) is 6.20 Å². The van der Waals surface area contributed by atoms with E-state index in [1.54, 1.807) is 6.20 Å². The van der Waals surface area contributed by atoms with Gasteiger partial charge < -0.3 is 10.3 Å². The van der Waals surface area contributed by atoms with Gasteiger partial charge in [0.25, 0.3) is 0 Å². The highest BCUT2D eigenvalue weighted by Gasteiger charge is 1.99. The summed E-state index contributed by atoms with van der Waals surface area (Å²) in [5.41, 5.74) is 7.62. The standard InChI is InChI=1S/C10H10N2O/c11-7-8-1-3-9(4-2-8)10-5-6-12-13-10/h1-6H,7,11H2. The molecule has 0 atom stereocenters. The summed E-state index contributed by atoms with van der Waals surface area (Å²) in [6.45, 7) is 0.566. The number of nitrogens with two attached hydrogens (primary N) is 1. The van der Waals surface area contributed by atoms with E-state index in [2.05, 4.69) is 5.16 Å². The summed E-state index contributed by atoms with van der Waals surface area (Å²) in [5.74, 6) is 0.781. The van der Waals surface area contributed by atoms with Crippen molar-refractivity contribution in [1.82, 2.24) is 5.16 Å². The Bertz CT molecular complexity index is 364. The zero-order valence-corrected chi connectivity index (χ0v) is 7.10. The van der Waals surface area contributed by atoms with Gasteiger partial charge in [-0.25, -0.2) is 0 Å². The Morgan fingerprint density at radius 1 is 1.15 bits per heavy atom. The van der Waals surface area contributed by atoms with E-state index in [1.165, 1.54) is 0 Å². The summed E-state index contributed by atoms with van der Waals surface area (Å²) in [5, 5.41) is 3.64. The smallest absolute Gasteiger partial charge is 0.166 e. The van der Waals surface area contributed by atoms with E-state index >= 15 is 0 Å². The van der Waals surface area contributed by atoms with Crippen molar-refractivity contribution in [2.45, 2.75) is 6.54 Å². The normalized spacial score (nSPS) is 10.2. The second-order valence-corrected chi connectivity index (χ2v) is 2.78. The van der Waals surface area contributed by atoms with Crippen molar-refractivity contribution in [3.05, 3.63) is 42.1 Å². The Kier molecular flexibility index (Phi) is 2.10. The highest BCUT2D eigenvalue weighted by molar-refractivity contribution is 5.56. The number of aromatic nitrogens is 1. The fourth-order valence-electron chi connectivity index (χ4n) is 1.17. The second-order valence-electron chi connectivity index (χ2n) is 2.78. The fourth-order valence-corrected chi connectivity index (χ4v) is 1.17. The molecule has 2 rings (SSSR count). The van der Waals surface area contributed by atoms with Crippen molar-refractivity contribution >= 4 is 0 Å². The Hall–Kier alpha value is -1.61. The Morgan fingerprint density at radius 3 is 2.46 bits per heavy atom. The summed E-state index contributed by atoms with van der Waals surface area (Å²) < 4.78 is 5.01. The van der Waals surface area contributed by atoms with E-state index in [0.717, 1.165) is 16.9 Å². The lowest BCUT2D eigenvalue weighted by Crippen LogP contribution is -1.94. The summed E-state index contributed by atoms with van der Waals surface area (Å²) in [6, 6.07) is 9.75. The Labute approximate surface area is 76.2 Å². The second kappa shape index (κ2) is 3.41. The van der Waals surface area contributed by atoms with Crippen LogP contribution < -0.4 is 5.73 Å². The monoisotopic (exact) mass is 174 g/mol. The molecule has 2 N–H and O–H groups in total. The third-order valence-electron chi connectivity index (χ3n) is 1.91. The Balaban J connectivity index is 2.33. The van der Waals surface area contributed by atoms with Crippen LogP contribution in [0.1, 0.15) is 5.56 Å². The summed E-state index contributed by atoms with van der Waals surface area (Å²) in [4.78, 5) is 0. The highest BCUT2D eigenvalue weighted by atomic mass is 16.5. The van der Waals surface area contributed by atoms with Crippen molar-refractivity contribution in [2.75, 3.05) is 0 Å².